The van der Waals surface area contributed by atoms with Crippen LogP contribution in [-0.2, 0) is 4.79 Å². The zero-order valence-electron chi connectivity index (χ0n) is 9.19. The van der Waals surface area contributed by atoms with Crippen LogP contribution in [0.4, 0.5) is 4.79 Å². The van der Waals surface area contributed by atoms with E-state index in [0.29, 0.717) is 12.8 Å². The van der Waals surface area contributed by atoms with E-state index >= 15 is 0 Å². The first-order valence-corrected chi connectivity index (χ1v) is 5.21. The molecule has 0 bridgehead atoms. The van der Waals surface area contributed by atoms with Crippen LogP contribution in [0.2, 0.25) is 0 Å². The van der Waals surface area contributed by atoms with Crippen molar-refractivity contribution in [3.63, 3.8) is 0 Å². The molecule has 2 amide bonds. The summed E-state index contributed by atoms with van der Waals surface area (Å²) in [6.45, 7) is 0. The normalized spacial score (nSPS) is 25.7. The van der Waals surface area contributed by atoms with Crippen LogP contribution in [0.5, 0.6) is 0 Å². The van der Waals surface area contributed by atoms with Crippen molar-refractivity contribution in [3.8, 4) is 0 Å². The van der Waals surface area contributed by atoms with Gasteiger partial charge in [-0.3, -0.25) is 4.79 Å². The third-order valence-electron chi connectivity index (χ3n) is 2.81. The van der Waals surface area contributed by atoms with Gasteiger partial charge in [0.1, 0.15) is 0 Å². The zero-order chi connectivity index (χ0) is 11.4. The van der Waals surface area contributed by atoms with E-state index in [2.05, 4.69) is 5.32 Å². The van der Waals surface area contributed by atoms with Crippen LogP contribution in [0.3, 0.4) is 0 Å². The van der Waals surface area contributed by atoms with Gasteiger partial charge in [0.25, 0.3) is 0 Å². The predicted molar refractivity (Wildman–Crippen MR) is 55.6 cm³/mol. The van der Waals surface area contributed by atoms with Gasteiger partial charge < -0.3 is 15.3 Å². The lowest BCUT2D eigenvalue weighted by Crippen LogP contribution is -2.43. The minimum atomic E-state index is -0.715. The summed E-state index contributed by atoms with van der Waals surface area (Å²) in [5, 5.41) is 11.7. The zero-order valence-corrected chi connectivity index (χ0v) is 9.19. The smallest absolute Gasteiger partial charge is 0.317 e. The Labute approximate surface area is 89.4 Å². The summed E-state index contributed by atoms with van der Waals surface area (Å²) in [7, 11) is 3.39. The summed E-state index contributed by atoms with van der Waals surface area (Å²) < 4.78 is 0. The molecule has 15 heavy (non-hydrogen) atoms. The molecule has 0 unspecified atom stereocenters. The molecule has 5 nitrogen and oxygen atoms in total. The third-order valence-corrected chi connectivity index (χ3v) is 2.81. The summed E-state index contributed by atoms with van der Waals surface area (Å²) in [6, 6.07) is 0.0317. The van der Waals surface area contributed by atoms with Gasteiger partial charge in [-0.2, -0.15) is 0 Å². The van der Waals surface area contributed by atoms with E-state index in [1.54, 1.807) is 14.1 Å². The average Bonchev–Trinajstić information content (AvgIpc) is 2.18. The number of aliphatic carboxylic acids is 1. The molecule has 0 aromatic rings. The first kappa shape index (κ1) is 11.8. The fourth-order valence-electron chi connectivity index (χ4n) is 1.79. The van der Waals surface area contributed by atoms with Crippen molar-refractivity contribution in [2.24, 2.45) is 5.92 Å². The van der Waals surface area contributed by atoms with E-state index in [9.17, 15) is 9.59 Å². The van der Waals surface area contributed by atoms with Gasteiger partial charge in [-0.15, -0.1) is 0 Å². The molecule has 1 saturated carbocycles. The van der Waals surface area contributed by atoms with Crippen molar-refractivity contribution in [1.29, 1.82) is 0 Å². The van der Waals surface area contributed by atoms with Crippen LogP contribution >= 0.6 is 0 Å². The van der Waals surface area contributed by atoms with Gasteiger partial charge >= 0.3 is 12.0 Å². The summed E-state index contributed by atoms with van der Waals surface area (Å²) >= 11 is 0. The summed E-state index contributed by atoms with van der Waals surface area (Å²) in [5.74, 6) is -0.940. The van der Waals surface area contributed by atoms with E-state index in [1.165, 1.54) is 4.90 Å². The van der Waals surface area contributed by atoms with Gasteiger partial charge in [-0.25, -0.2) is 4.79 Å². The molecule has 5 heteroatoms. The standard InChI is InChI=1S/C10H18N2O3/c1-12(2)10(15)11-8-5-3-7(4-6-8)9(13)14/h7-8H,3-6H2,1-2H3,(H,11,15)(H,13,14). The average molecular weight is 214 g/mol. The molecule has 1 aliphatic rings. The number of nitrogens with zero attached hydrogens (tertiary/aromatic N) is 1. The van der Waals surface area contributed by atoms with Gasteiger partial charge in [0.2, 0.25) is 0 Å². The minimum absolute atomic E-state index is 0.103. The molecule has 1 fully saturated rings. The molecule has 0 aromatic carbocycles. The number of rotatable bonds is 2. The molecule has 0 aliphatic heterocycles. The van der Waals surface area contributed by atoms with Gasteiger partial charge in [0, 0.05) is 20.1 Å². The number of hydrogen-bond donors (Lipinski definition) is 2. The Hall–Kier alpha value is -1.26. The lowest BCUT2D eigenvalue weighted by atomic mass is 9.86. The van der Waals surface area contributed by atoms with Crippen molar-refractivity contribution < 1.29 is 14.7 Å². The van der Waals surface area contributed by atoms with Crippen LogP contribution in [0.15, 0.2) is 0 Å². The Morgan fingerprint density at radius 2 is 1.73 bits per heavy atom. The van der Waals surface area contributed by atoms with Gasteiger partial charge in [-0.05, 0) is 25.7 Å². The van der Waals surface area contributed by atoms with E-state index in [0.717, 1.165) is 12.8 Å². The van der Waals surface area contributed by atoms with E-state index in [4.69, 9.17) is 5.11 Å². The maximum atomic E-state index is 11.3. The Balaban J connectivity index is 2.32. The molecule has 0 aromatic heterocycles. The van der Waals surface area contributed by atoms with Crippen LogP contribution in [-0.4, -0.2) is 42.1 Å². The van der Waals surface area contributed by atoms with Crippen LogP contribution < -0.4 is 5.32 Å². The Kier molecular flexibility index (Phi) is 3.94. The topological polar surface area (TPSA) is 69.6 Å². The van der Waals surface area contributed by atoms with Gasteiger partial charge in [0.05, 0.1) is 5.92 Å². The summed E-state index contributed by atoms with van der Waals surface area (Å²) in [5.41, 5.74) is 0. The molecule has 2 N–H and O–H groups in total. The van der Waals surface area contributed by atoms with Crippen molar-refractivity contribution in [2.45, 2.75) is 31.7 Å². The van der Waals surface area contributed by atoms with Gasteiger partial charge in [0.15, 0.2) is 0 Å². The minimum Gasteiger partial charge on any atom is -0.481 e. The molecule has 1 rings (SSSR count). The van der Waals surface area contributed by atoms with Crippen molar-refractivity contribution in [2.75, 3.05) is 14.1 Å². The molecule has 0 saturated heterocycles. The van der Waals surface area contributed by atoms with E-state index in [1.807, 2.05) is 0 Å². The molecule has 1 aliphatic carbocycles. The first-order chi connectivity index (χ1) is 7.00. The lowest BCUT2D eigenvalue weighted by Gasteiger charge is -2.27. The predicted octanol–water partition coefficient (Wildman–Crippen LogP) is 0.901. The highest BCUT2D eigenvalue weighted by Crippen LogP contribution is 2.24. The Bertz CT molecular complexity index is 245. The van der Waals surface area contributed by atoms with E-state index in [-0.39, 0.29) is 18.0 Å². The fraction of sp³-hybridized carbons (Fsp3) is 0.800. The van der Waals surface area contributed by atoms with Crippen molar-refractivity contribution >= 4 is 12.0 Å². The highest BCUT2D eigenvalue weighted by atomic mass is 16.4. The number of carbonyl (C=O) groups is 2. The second kappa shape index (κ2) is 5.00. The monoisotopic (exact) mass is 214 g/mol. The lowest BCUT2D eigenvalue weighted by molar-refractivity contribution is -0.142. The first-order valence-electron chi connectivity index (χ1n) is 5.21. The Morgan fingerprint density at radius 3 is 2.13 bits per heavy atom. The van der Waals surface area contributed by atoms with Crippen LogP contribution in [0.25, 0.3) is 0 Å². The molecule has 0 radical (unpaired) electrons. The van der Waals surface area contributed by atoms with Crippen LogP contribution in [0, 0.1) is 5.92 Å². The molecular formula is C10H18N2O3. The van der Waals surface area contributed by atoms with Crippen molar-refractivity contribution in [3.05, 3.63) is 0 Å². The number of carboxylic acids is 1. The quantitative estimate of drug-likeness (QED) is 0.717. The summed E-state index contributed by atoms with van der Waals surface area (Å²) in [6.07, 6.45) is 2.84. The highest BCUT2D eigenvalue weighted by molar-refractivity contribution is 5.74. The maximum absolute atomic E-state index is 11.3. The maximum Gasteiger partial charge on any atom is 0.317 e. The number of amides is 2. The molecule has 0 heterocycles. The molecule has 0 atom stereocenters. The number of nitrogens with one attached hydrogen (secondary N) is 1. The van der Waals surface area contributed by atoms with Gasteiger partial charge in [-0.1, -0.05) is 0 Å². The molecule has 86 valence electrons. The fourth-order valence-corrected chi connectivity index (χ4v) is 1.79. The molecule has 0 spiro atoms. The summed E-state index contributed by atoms with van der Waals surface area (Å²) in [4.78, 5) is 23.5. The van der Waals surface area contributed by atoms with Crippen LogP contribution in [0.1, 0.15) is 25.7 Å². The van der Waals surface area contributed by atoms with E-state index < -0.39 is 5.97 Å². The van der Waals surface area contributed by atoms with Crippen molar-refractivity contribution in [1.82, 2.24) is 10.2 Å². The molecular weight excluding hydrogens is 196 g/mol. The second-order valence-corrected chi connectivity index (χ2v) is 4.23. The number of hydrogen-bond acceptors (Lipinski definition) is 2. The third kappa shape index (κ3) is 3.42. The number of urea groups is 1. The highest BCUT2D eigenvalue weighted by Gasteiger charge is 2.26. The SMILES string of the molecule is CN(C)C(=O)NC1CCC(C(=O)O)CC1. The Morgan fingerprint density at radius 1 is 1.20 bits per heavy atom. The number of carbonyl (C=O) groups excluding carboxylic acids is 1. The number of carboxylic acid groups (broad SMARTS) is 1. The largest absolute Gasteiger partial charge is 0.481 e. The second-order valence-electron chi connectivity index (χ2n) is 4.23.